The Kier molecular flexibility index (Phi) is 5.06. The van der Waals surface area contributed by atoms with Crippen molar-refractivity contribution in [2.75, 3.05) is 13.8 Å². The maximum absolute atomic E-state index is 9.50. The Hall–Kier alpha value is -0.530. The summed E-state index contributed by atoms with van der Waals surface area (Å²) in [6.45, 7) is 0.889. The molecule has 0 spiro atoms. The van der Waals surface area contributed by atoms with E-state index >= 15 is 0 Å². The van der Waals surface area contributed by atoms with Crippen molar-refractivity contribution in [1.29, 1.82) is 0 Å². The van der Waals surface area contributed by atoms with Gasteiger partial charge < -0.3 is 4.74 Å². The van der Waals surface area contributed by atoms with Crippen molar-refractivity contribution in [2.24, 2.45) is 0 Å². The third-order valence-corrected chi connectivity index (χ3v) is 0.595. The van der Waals surface area contributed by atoms with Crippen LogP contribution in [0.15, 0.2) is 12.3 Å². The first-order valence-electron chi connectivity index (χ1n) is 2.14. The van der Waals surface area contributed by atoms with E-state index in [-0.39, 0.29) is 0 Å². The summed E-state index contributed by atoms with van der Waals surface area (Å²) in [4.78, 5) is 0. The van der Waals surface area contributed by atoms with Gasteiger partial charge in [0.2, 0.25) is 0 Å². The van der Waals surface area contributed by atoms with Crippen molar-refractivity contribution < 1.29 is 9.13 Å². The molecule has 0 fully saturated rings. The molecule has 0 bridgehead atoms. The lowest BCUT2D eigenvalue weighted by molar-refractivity contribution is 0.281. The topological polar surface area (TPSA) is 9.23 Å². The van der Waals surface area contributed by atoms with Crippen molar-refractivity contribution in [2.45, 2.75) is 6.42 Å². The third kappa shape index (κ3) is 3.30. The Morgan fingerprint density at radius 1 is 1.57 bits per heavy atom. The van der Waals surface area contributed by atoms with Crippen LogP contribution < -0.4 is 0 Å². The van der Waals surface area contributed by atoms with E-state index in [4.69, 9.17) is 4.74 Å². The average Bonchev–Trinajstić information content (AvgIpc) is 2.23. The normalized spacial score (nSPS) is 14.6. The van der Waals surface area contributed by atoms with Gasteiger partial charge in [0.25, 0.3) is 0 Å². The highest BCUT2D eigenvalue weighted by molar-refractivity contribution is 4.78. The molecule has 0 aromatic carbocycles. The Morgan fingerprint density at radius 2 is 2.29 bits per heavy atom. The van der Waals surface area contributed by atoms with Crippen LogP contribution in [-0.2, 0) is 4.74 Å². The molecule has 7 heavy (non-hydrogen) atoms. The van der Waals surface area contributed by atoms with Crippen LogP contribution in [0, 0.1) is 0 Å². The molecule has 0 unspecified atom stereocenters. The summed E-state index contributed by atoms with van der Waals surface area (Å²) >= 11 is 0. The van der Waals surface area contributed by atoms with Crippen molar-refractivity contribution in [1.82, 2.24) is 0 Å². The maximum atomic E-state index is 9.50. The van der Waals surface area contributed by atoms with Gasteiger partial charge in [0.05, 0.1) is 20.0 Å². The zero-order valence-corrected chi connectivity index (χ0v) is 4.36. The molecule has 1 aliphatic rings. The SMILES string of the molecule is C1=COCC1.CF. The lowest BCUT2D eigenvalue weighted by atomic mass is 10.5. The highest BCUT2D eigenvalue weighted by Gasteiger charge is 1.83. The van der Waals surface area contributed by atoms with Gasteiger partial charge in [-0.1, -0.05) is 0 Å². The lowest BCUT2D eigenvalue weighted by Crippen LogP contribution is -1.70. The van der Waals surface area contributed by atoms with E-state index in [1.54, 1.807) is 6.26 Å². The summed E-state index contributed by atoms with van der Waals surface area (Å²) in [5, 5.41) is 0. The summed E-state index contributed by atoms with van der Waals surface area (Å²) in [7, 11) is 0.500. The molecular weight excluding hydrogens is 95.1 g/mol. The van der Waals surface area contributed by atoms with E-state index in [0.29, 0.717) is 7.18 Å². The summed E-state index contributed by atoms with van der Waals surface area (Å²) in [5.41, 5.74) is 0. The van der Waals surface area contributed by atoms with Crippen molar-refractivity contribution in [3.05, 3.63) is 12.3 Å². The molecular formula is C5H9FO. The molecule has 0 amide bonds. The highest BCUT2D eigenvalue weighted by Crippen LogP contribution is 1.93. The van der Waals surface area contributed by atoms with Crippen molar-refractivity contribution >= 4 is 0 Å². The van der Waals surface area contributed by atoms with Gasteiger partial charge in [-0.05, 0) is 6.08 Å². The van der Waals surface area contributed by atoms with Crippen LogP contribution in [-0.4, -0.2) is 13.8 Å². The molecule has 0 aromatic rings. The zero-order chi connectivity index (χ0) is 5.54. The molecule has 0 atom stereocenters. The second-order valence-corrected chi connectivity index (χ2v) is 1.03. The summed E-state index contributed by atoms with van der Waals surface area (Å²) < 4.78 is 14.3. The van der Waals surface area contributed by atoms with Gasteiger partial charge in [-0.25, -0.2) is 0 Å². The van der Waals surface area contributed by atoms with Crippen LogP contribution >= 0.6 is 0 Å². The lowest BCUT2D eigenvalue weighted by Gasteiger charge is -1.79. The zero-order valence-electron chi connectivity index (χ0n) is 4.36. The summed E-state index contributed by atoms with van der Waals surface area (Å²) in [6.07, 6.45) is 4.85. The van der Waals surface area contributed by atoms with Gasteiger partial charge in [-0.3, -0.25) is 4.39 Å². The number of ether oxygens (including phenoxy) is 1. The Morgan fingerprint density at radius 3 is 2.43 bits per heavy atom. The smallest absolute Gasteiger partial charge is 0.0908 e. The fourth-order valence-electron chi connectivity index (χ4n) is 0.340. The number of rotatable bonds is 0. The monoisotopic (exact) mass is 104 g/mol. The van der Waals surface area contributed by atoms with Crippen molar-refractivity contribution in [3.63, 3.8) is 0 Å². The molecule has 0 radical (unpaired) electrons. The van der Waals surface area contributed by atoms with Crippen LogP contribution in [0.3, 0.4) is 0 Å². The highest BCUT2D eigenvalue weighted by atomic mass is 19.1. The summed E-state index contributed by atoms with van der Waals surface area (Å²) in [6, 6.07) is 0. The minimum atomic E-state index is 0.500. The van der Waals surface area contributed by atoms with Crippen LogP contribution in [0.25, 0.3) is 0 Å². The largest absolute Gasteiger partial charge is 0.501 e. The molecule has 1 heterocycles. The second-order valence-electron chi connectivity index (χ2n) is 1.03. The Balaban J connectivity index is 0.000000162. The van der Waals surface area contributed by atoms with E-state index in [0.717, 1.165) is 13.0 Å². The number of hydrogen-bond donors (Lipinski definition) is 0. The first kappa shape index (κ1) is 6.47. The molecule has 0 saturated heterocycles. The molecule has 1 nitrogen and oxygen atoms in total. The minimum absolute atomic E-state index is 0.500. The van der Waals surface area contributed by atoms with E-state index in [2.05, 4.69) is 0 Å². The van der Waals surface area contributed by atoms with Gasteiger partial charge in [0.15, 0.2) is 0 Å². The van der Waals surface area contributed by atoms with E-state index in [1.807, 2.05) is 6.08 Å². The fraction of sp³-hybridized carbons (Fsp3) is 0.600. The first-order valence-corrected chi connectivity index (χ1v) is 2.14. The molecule has 0 aliphatic carbocycles. The van der Waals surface area contributed by atoms with Crippen LogP contribution in [0.1, 0.15) is 6.42 Å². The minimum Gasteiger partial charge on any atom is -0.501 e. The quantitative estimate of drug-likeness (QED) is 0.452. The van der Waals surface area contributed by atoms with E-state index in [1.165, 1.54) is 0 Å². The number of halogens is 1. The van der Waals surface area contributed by atoms with Gasteiger partial charge in [0.1, 0.15) is 0 Å². The van der Waals surface area contributed by atoms with Gasteiger partial charge >= 0.3 is 0 Å². The van der Waals surface area contributed by atoms with Gasteiger partial charge in [-0.2, -0.15) is 0 Å². The third-order valence-electron chi connectivity index (χ3n) is 0.595. The standard InChI is InChI=1S/C4H6O.CH3F/c1-2-4-5-3-1;1-2/h1,3H,2,4H2;1H3. The van der Waals surface area contributed by atoms with Gasteiger partial charge in [0, 0.05) is 6.42 Å². The van der Waals surface area contributed by atoms with Crippen LogP contribution in [0.5, 0.6) is 0 Å². The van der Waals surface area contributed by atoms with E-state index in [9.17, 15) is 4.39 Å². The van der Waals surface area contributed by atoms with E-state index < -0.39 is 0 Å². The fourth-order valence-corrected chi connectivity index (χ4v) is 0.340. The first-order chi connectivity index (χ1) is 3.50. The molecule has 0 N–H and O–H groups in total. The molecule has 2 heteroatoms. The molecule has 1 rings (SSSR count). The molecule has 1 aliphatic heterocycles. The predicted octanol–water partition coefficient (Wildman–Crippen LogP) is 1.51. The van der Waals surface area contributed by atoms with Crippen molar-refractivity contribution in [3.8, 4) is 0 Å². The molecule has 0 aromatic heterocycles. The van der Waals surface area contributed by atoms with Gasteiger partial charge in [-0.15, -0.1) is 0 Å². The molecule has 42 valence electrons. The average molecular weight is 104 g/mol. The van der Waals surface area contributed by atoms with Crippen LogP contribution in [0.2, 0.25) is 0 Å². The summed E-state index contributed by atoms with van der Waals surface area (Å²) in [5.74, 6) is 0. The Bertz CT molecular complexity index is 46.0. The van der Waals surface area contributed by atoms with Crippen LogP contribution in [0.4, 0.5) is 4.39 Å². The number of alkyl halides is 1. The second kappa shape index (κ2) is 5.47. The predicted molar refractivity (Wildman–Crippen MR) is 26.7 cm³/mol. The number of hydrogen-bond acceptors (Lipinski definition) is 1. The molecule has 0 saturated carbocycles. The maximum Gasteiger partial charge on any atom is 0.0908 e. The Labute approximate surface area is 42.8 Å².